The maximum absolute atomic E-state index is 13.3. The molecule has 2 fully saturated rings. The Kier molecular flexibility index (Phi) is 6.86. The predicted molar refractivity (Wildman–Crippen MR) is 137 cm³/mol. The molecule has 0 radical (unpaired) electrons. The highest BCUT2D eigenvalue weighted by Crippen LogP contribution is 2.39. The molecule has 4 heterocycles. The third-order valence-electron chi connectivity index (χ3n) is 7.29. The monoisotopic (exact) mass is 519 g/mol. The number of nitrogens with zero attached hydrogens (tertiary/aromatic N) is 5. The number of aldehydes is 1. The Balaban J connectivity index is 1.34. The van der Waals surface area contributed by atoms with Gasteiger partial charge in [0.05, 0.1) is 29.4 Å². The summed E-state index contributed by atoms with van der Waals surface area (Å²) >= 11 is 0. The summed E-state index contributed by atoms with van der Waals surface area (Å²) in [6, 6.07) is 5.02. The van der Waals surface area contributed by atoms with Crippen LogP contribution in [0.2, 0.25) is 0 Å². The first-order valence-electron chi connectivity index (χ1n) is 12.6. The van der Waals surface area contributed by atoms with Gasteiger partial charge in [-0.25, -0.2) is 19.6 Å². The molecule has 1 atom stereocenters. The second kappa shape index (κ2) is 10.3. The molecule has 2 aliphatic heterocycles. The Hall–Kier alpha value is -4.24. The number of aromatic nitrogens is 2. The maximum Gasteiger partial charge on any atom is 0.410 e. The molecule has 2 aromatic rings. The summed E-state index contributed by atoms with van der Waals surface area (Å²) in [6.07, 6.45) is 4.90. The van der Waals surface area contributed by atoms with Crippen LogP contribution in [0.3, 0.4) is 0 Å². The SMILES string of the molecule is COC1(CNc2cc(NC(=O)N3CCCc4cc(CN5C(=O)OC[C@@H]5C)c(C=O)nc43)ncc2C#N)CC1. The van der Waals surface area contributed by atoms with Crippen LogP contribution in [0.15, 0.2) is 18.3 Å². The van der Waals surface area contributed by atoms with Crippen LogP contribution in [0.4, 0.5) is 26.9 Å². The first-order chi connectivity index (χ1) is 18.4. The van der Waals surface area contributed by atoms with Crippen molar-refractivity contribution >= 4 is 35.7 Å². The minimum absolute atomic E-state index is 0.107. The summed E-state index contributed by atoms with van der Waals surface area (Å²) in [6.45, 7) is 3.34. The Morgan fingerprint density at radius 3 is 2.87 bits per heavy atom. The van der Waals surface area contributed by atoms with Gasteiger partial charge in [-0.1, -0.05) is 0 Å². The Bertz CT molecular complexity index is 1320. The third kappa shape index (κ3) is 4.97. The highest BCUT2D eigenvalue weighted by atomic mass is 16.6. The van der Waals surface area contributed by atoms with Gasteiger partial charge in [0.15, 0.2) is 6.29 Å². The molecule has 12 heteroatoms. The molecule has 1 aliphatic carbocycles. The zero-order valence-electron chi connectivity index (χ0n) is 21.3. The zero-order chi connectivity index (χ0) is 26.9. The molecule has 0 unspecified atom stereocenters. The lowest BCUT2D eigenvalue weighted by Gasteiger charge is -2.29. The molecule has 0 aromatic carbocycles. The molecular formula is C26H29N7O5. The van der Waals surface area contributed by atoms with E-state index in [1.807, 2.05) is 13.0 Å². The Morgan fingerprint density at radius 1 is 1.39 bits per heavy atom. The highest BCUT2D eigenvalue weighted by Gasteiger charge is 2.42. The topological polar surface area (TPSA) is 150 Å². The van der Waals surface area contributed by atoms with Gasteiger partial charge in [-0.15, -0.1) is 0 Å². The number of hydrogen-bond donors (Lipinski definition) is 2. The largest absolute Gasteiger partial charge is 0.447 e. The van der Waals surface area contributed by atoms with Gasteiger partial charge in [0.2, 0.25) is 0 Å². The van der Waals surface area contributed by atoms with Gasteiger partial charge in [-0.3, -0.25) is 19.9 Å². The van der Waals surface area contributed by atoms with E-state index in [1.165, 1.54) is 11.1 Å². The number of hydrogen-bond acceptors (Lipinski definition) is 9. The number of nitriles is 1. The number of ether oxygens (including phenoxy) is 2. The standard InChI is InChI=1S/C26H29N7O5/c1-16-14-38-25(36)33(16)12-18-8-17-4-3-7-32(23(17)30-21(18)13-34)24(35)31-22-9-20(19(10-27)11-28-22)29-15-26(37-2)5-6-26/h8-9,11,13,16H,3-7,12,14-15H2,1-2H3,(H2,28,29,31,35)/t16-/m0/s1. The number of rotatable bonds is 8. The molecule has 38 heavy (non-hydrogen) atoms. The fourth-order valence-corrected chi connectivity index (χ4v) is 4.72. The van der Waals surface area contributed by atoms with Crippen molar-refractivity contribution < 1.29 is 23.9 Å². The number of nitrogens with one attached hydrogen (secondary N) is 2. The molecule has 2 N–H and O–H groups in total. The number of amides is 3. The lowest BCUT2D eigenvalue weighted by Crippen LogP contribution is -2.40. The average molecular weight is 520 g/mol. The average Bonchev–Trinajstić information content (AvgIpc) is 3.66. The molecule has 1 saturated heterocycles. The summed E-state index contributed by atoms with van der Waals surface area (Å²) < 4.78 is 10.6. The lowest BCUT2D eigenvalue weighted by atomic mass is 10.0. The number of aryl methyl sites for hydroxylation is 1. The number of carbonyl (C=O) groups excluding carboxylic acids is 3. The van der Waals surface area contributed by atoms with Crippen molar-refractivity contribution in [3.63, 3.8) is 0 Å². The van der Waals surface area contributed by atoms with Gasteiger partial charge in [-0.2, -0.15) is 5.26 Å². The lowest BCUT2D eigenvalue weighted by molar-refractivity contribution is 0.0914. The number of pyridine rings is 2. The van der Waals surface area contributed by atoms with Crippen LogP contribution in [0, 0.1) is 11.3 Å². The molecular weight excluding hydrogens is 490 g/mol. The van der Waals surface area contributed by atoms with E-state index in [2.05, 4.69) is 26.7 Å². The van der Waals surface area contributed by atoms with E-state index in [0.29, 0.717) is 61.5 Å². The fourth-order valence-electron chi connectivity index (χ4n) is 4.72. The number of anilines is 3. The van der Waals surface area contributed by atoms with Crippen LogP contribution in [0.1, 0.15) is 53.4 Å². The number of methoxy groups -OCH3 is 1. The quantitative estimate of drug-likeness (QED) is 0.502. The van der Waals surface area contributed by atoms with Crippen LogP contribution >= 0.6 is 0 Å². The Labute approximate surface area is 219 Å². The molecule has 2 aromatic heterocycles. The number of fused-ring (bicyclic) bond motifs is 1. The van der Waals surface area contributed by atoms with Crippen molar-refractivity contribution in [1.82, 2.24) is 14.9 Å². The molecule has 1 saturated carbocycles. The van der Waals surface area contributed by atoms with Crippen LogP contribution in [0.25, 0.3) is 0 Å². The van der Waals surface area contributed by atoms with Crippen molar-refractivity contribution in [1.29, 1.82) is 5.26 Å². The third-order valence-corrected chi connectivity index (χ3v) is 7.29. The van der Waals surface area contributed by atoms with Gasteiger partial charge < -0.3 is 14.8 Å². The van der Waals surface area contributed by atoms with E-state index in [-0.39, 0.29) is 29.7 Å². The van der Waals surface area contributed by atoms with E-state index in [4.69, 9.17) is 9.47 Å². The second-order valence-corrected chi connectivity index (χ2v) is 9.84. The van der Waals surface area contributed by atoms with Crippen molar-refractivity contribution in [3.8, 4) is 6.07 Å². The van der Waals surface area contributed by atoms with Crippen molar-refractivity contribution in [2.75, 3.05) is 42.3 Å². The number of cyclic esters (lactones) is 1. The first-order valence-corrected chi connectivity index (χ1v) is 12.6. The van der Waals surface area contributed by atoms with Crippen molar-refractivity contribution in [3.05, 3.63) is 40.7 Å². The highest BCUT2D eigenvalue weighted by molar-refractivity contribution is 6.01. The summed E-state index contributed by atoms with van der Waals surface area (Å²) in [5.41, 5.74) is 2.30. The molecule has 198 valence electrons. The first kappa shape index (κ1) is 25.4. The molecule has 3 amide bonds. The van der Waals surface area contributed by atoms with E-state index in [1.54, 1.807) is 18.1 Å². The van der Waals surface area contributed by atoms with E-state index in [0.717, 1.165) is 18.4 Å². The summed E-state index contributed by atoms with van der Waals surface area (Å²) in [5.74, 6) is 0.680. The van der Waals surface area contributed by atoms with Crippen molar-refractivity contribution in [2.45, 2.75) is 50.8 Å². The Morgan fingerprint density at radius 2 is 2.21 bits per heavy atom. The minimum atomic E-state index is -0.446. The van der Waals surface area contributed by atoms with E-state index in [9.17, 15) is 19.6 Å². The van der Waals surface area contributed by atoms with Gasteiger partial charge in [0.25, 0.3) is 0 Å². The molecule has 0 bridgehead atoms. The summed E-state index contributed by atoms with van der Waals surface area (Å²) in [5, 5.41) is 15.5. The molecule has 12 nitrogen and oxygen atoms in total. The second-order valence-electron chi connectivity index (χ2n) is 9.84. The molecule has 5 rings (SSSR count). The smallest absolute Gasteiger partial charge is 0.410 e. The van der Waals surface area contributed by atoms with Gasteiger partial charge in [0.1, 0.15) is 30.0 Å². The number of carbonyl (C=O) groups is 3. The van der Waals surface area contributed by atoms with Crippen LogP contribution < -0.4 is 15.5 Å². The van der Waals surface area contributed by atoms with Crippen molar-refractivity contribution in [2.24, 2.45) is 0 Å². The zero-order valence-corrected chi connectivity index (χ0v) is 21.3. The van der Waals surface area contributed by atoms with Gasteiger partial charge >= 0.3 is 12.1 Å². The van der Waals surface area contributed by atoms with Gasteiger partial charge in [-0.05, 0) is 44.2 Å². The summed E-state index contributed by atoms with van der Waals surface area (Å²) in [7, 11) is 1.67. The summed E-state index contributed by atoms with van der Waals surface area (Å²) in [4.78, 5) is 49.0. The fraction of sp³-hybridized carbons (Fsp3) is 0.462. The number of urea groups is 1. The molecule has 3 aliphatic rings. The molecule has 0 spiro atoms. The minimum Gasteiger partial charge on any atom is -0.447 e. The van der Waals surface area contributed by atoms with E-state index < -0.39 is 12.1 Å². The maximum atomic E-state index is 13.3. The predicted octanol–water partition coefficient (Wildman–Crippen LogP) is 3.08. The normalized spacial score (nSPS) is 19.3. The van der Waals surface area contributed by atoms with Gasteiger partial charge in [0, 0.05) is 38.0 Å². The van der Waals surface area contributed by atoms with Crippen LogP contribution in [-0.2, 0) is 22.4 Å². The van der Waals surface area contributed by atoms with Crippen LogP contribution in [-0.4, -0.2) is 71.7 Å². The van der Waals surface area contributed by atoms with Crippen LogP contribution in [0.5, 0.6) is 0 Å². The van der Waals surface area contributed by atoms with E-state index >= 15 is 0 Å².